The van der Waals surface area contributed by atoms with Crippen molar-refractivity contribution >= 4 is 17.5 Å². The van der Waals surface area contributed by atoms with E-state index in [4.69, 9.17) is 0 Å². The highest BCUT2D eigenvalue weighted by atomic mass is 19.1. The third-order valence-corrected chi connectivity index (χ3v) is 5.34. The number of imidazole rings is 1. The molecule has 1 atom stereocenters. The van der Waals surface area contributed by atoms with Crippen molar-refractivity contribution in [2.75, 3.05) is 20.6 Å². The fourth-order valence-corrected chi connectivity index (χ4v) is 3.85. The van der Waals surface area contributed by atoms with E-state index in [1.54, 1.807) is 31.1 Å². The number of benzene rings is 1. The number of nitrogens with zero attached hydrogens (tertiary/aromatic N) is 4. The molecule has 0 radical (unpaired) electrons. The number of urea groups is 1. The van der Waals surface area contributed by atoms with Gasteiger partial charge in [-0.2, -0.15) is 0 Å². The molecule has 3 heterocycles. The lowest BCUT2D eigenvalue weighted by molar-refractivity contribution is 0.0948. The summed E-state index contributed by atoms with van der Waals surface area (Å²) in [7, 11) is 3.46. The summed E-state index contributed by atoms with van der Waals surface area (Å²) in [6, 6.07) is 11.3. The second-order valence-corrected chi connectivity index (χ2v) is 7.61. The van der Waals surface area contributed by atoms with Crippen LogP contribution in [0, 0.1) is 5.82 Å². The van der Waals surface area contributed by atoms with Crippen LogP contribution in [0.2, 0.25) is 0 Å². The second-order valence-electron chi connectivity index (χ2n) is 7.61. The number of rotatable bonds is 4. The first kappa shape index (κ1) is 19.9. The number of hydrogen-bond donors (Lipinski definition) is 1. The predicted octanol–water partition coefficient (Wildman–Crippen LogP) is 3.22. The van der Waals surface area contributed by atoms with Crippen LogP contribution in [0.15, 0.2) is 48.7 Å². The van der Waals surface area contributed by atoms with E-state index >= 15 is 0 Å². The monoisotopic (exact) mass is 409 g/mol. The van der Waals surface area contributed by atoms with Crippen LogP contribution in [0.1, 0.15) is 40.8 Å². The number of fused-ring (bicyclic) bond motifs is 1. The van der Waals surface area contributed by atoms with Crippen molar-refractivity contribution < 1.29 is 14.0 Å². The fraction of sp³-hybridized carbons (Fsp3) is 0.318. The quantitative estimate of drug-likeness (QED) is 0.719. The average Bonchev–Trinajstić information content (AvgIpc) is 3.37. The Hall–Kier alpha value is -3.42. The lowest BCUT2D eigenvalue weighted by Crippen LogP contribution is -2.39. The van der Waals surface area contributed by atoms with Crippen LogP contribution < -0.4 is 5.32 Å². The molecule has 1 aliphatic rings. The molecule has 1 aromatic carbocycles. The summed E-state index contributed by atoms with van der Waals surface area (Å²) in [5.41, 5.74) is 1.80. The van der Waals surface area contributed by atoms with Gasteiger partial charge < -0.3 is 19.5 Å². The van der Waals surface area contributed by atoms with Gasteiger partial charge in [0.25, 0.3) is 5.91 Å². The third kappa shape index (κ3) is 3.72. The maximum absolute atomic E-state index is 13.1. The summed E-state index contributed by atoms with van der Waals surface area (Å²) in [6.07, 6.45) is 3.55. The molecule has 3 aromatic rings. The van der Waals surface area contributed by atoms with Crippen molar-refractivity contribution in [1.29, 1.82) is 0 Å². The molecule has 1 saturated heterocycles. The van der Waals surface area contributed by atoms with Crippen LogP contribution in [0.4, 0.5) is 9.18 Å². The van der Waals surface area contributed by atoms with E-state index in [0.717, 1.165) is 18.4 Å². The molecule has 4 rings (SSSR count). The number of aromatic nitrogens is 2. The Bertz CT molecular complexity index is 1080. The smallest absolute Gasteiger partial charge is 0.320 e. The SMILES string of the molecule is CN(C)C(=O)N1CCC[C@H]1c1nc(C(=O)NCc2ccc(F)cc2)c2ccccn12. The maximum Gasteiger partial charge on any atom is 0.320 e. The van der Waals surface area contributed by atoms with Gasteiger partial charge >= 0.3 is 6.03 Å². The lowest BCUT2D eigenvalue weighted by Gasteiger charge is -2.27. The summed E-state index contributed by atoms with van der Waals surface area (Å²) in [6.45, 7) is 0.935. The van der Waals surface area contributed by atoms with E-state index in [9.17, 15) is 14.0 Å². The molecule has 0 saturated carbocycles. The zero-order valence-corrected chi connectivity index (χ0v) is 17.0. The highest BCUT2D eigenvalue weighted by Crippen LogP contribution is 2.33. The zero-order valence-electron chi connectivity index (χ0n) is 17.0. The number of pyridine rings is 1. The summed E-state index contributed by atoms with van der Waals surface area (Å²) in [5.74, 6) is 0.0613. The van der Waals surface area contributed by atoms with E-state index < -0.39 is 0 Å². The normalized spacial score (nSPS) is 16.1. The van der Waals surface area contributed by atoms with Crippen LogP contribution in [-0.2, 0) is 6.54 Å². The molecule has 30 heavy (non-hydrogen) atoms. The van der Waals surface area contributed by atoms with Crippen molar-refractivity contribution in [1.82, 2.24) is 24.5 Å². The highest BCUT2D eigenvalue weighted by molar-refractivity contribution is 5.99. The van der Waals surface area contributed by atoms with E-state index in [2.05, 4.69) is 10.3 Å². The molecule has 156 valence electrons. The maximum atomic E-state index is 13.1. The molecule has 8 heteroatoms. The molecule has 7 nitrogen and oxygen atoms in total. The number of carbonyl (C=O) groups excluding carboxylic acids is 2. The van der Waals surface area contributed by atoms with Gasteiger partial charge in [0.15, 0.2) is 5.69 Å². The van der Waals surface area contributed by atoms with Gasteiger partial charge in [0, 0.05) is 33.4 Å². The lowest BCUT2D eigenvalue weighted by atomic mass is 10.2. The van der Waals surface area contributed by atoms with Gasteiger partial charge in [0.2, 0.25) is 0 Å². The van der Waals surface area contributed by atoms with Gasteiger partial charge in [-0.15, -0.1) is 0 Å². The van der Waals surface area contributed by atoms with Gasteiger partial charge in [-0.1, -0.05) is 18.2 Å². The number of carbonyl (C=O) groups is 2. The minimum Gasteiger partial charge on any atom is -0.347 e. The molecule has 3 amide bonds. The average molecular weight is 409 g/mol. The molecule has 0 aliphatic carbocycles. The molecular weight excluding hydrogens is 385 g/mol. The van der Waals surface area contributed by atoms with E-state index in [1.807, 2.05) is 33.7 Å². The first-order valence-electron chi connectivity index (χ1n) is 9.93. The minimum atomic E-state index is -0.316. The largest absolute Gasteiger partial charge is 0.347 e. The standard InChI is InChI=1S/C22H24FN5O2/c1-26(2)22(30)28-13-5-7-18(28)20-25-19(17-6-3-4-12-27(17)20)21(29)24-14-15-8-10-16(23)11-9-15/h3-4,6,8-12,18H,5,7,13-14H2,1-2H3,(H,24,29)/t18-/m0/s1. The summed E-state index contributed by atoms with van der Waals surface area (Å²) >= 11 is 0. The van der Waals surface area contributed by atoms with Crippen molar-refractivity contribution in [2.24, 2.45) is 0 Å². The Morgan fingerprint density at radius 1 is 1.20 bits per heavy atom. The molecule has 1 N–H and O–H groups in total. The van der Waals surface area contributed by atoms with Crippen molar-refractivity contribution in [3.63, 3.8) is 0 Å². The number of hydrogen-bond acceptors (Lipinski definition) is 3. The summed E-state index contributed by atoms with van der Waals surface area (Å²) in [5, 5.41) is 2.86. The van der Waals surface area contributed by atoms with Gasteiger partial charge in [-0.05, 0) is 42.7 Å². The van der Waals surface area contributed by atoms with E-state index in [1.165, 1.54) is 12.1 Å². The van der Waals surface area contributed by atoms with Crippen LogP contribution >= 0.6 is 0 Å². The summed E-state index contributed by atoms with van der Waals surface area (Å²) < 4.78 is 15.0. The van der Waals surface area contributed by atoms with Crippen molar-refractivity contribution in [2.45, 2.75) is 25.4 Å². The van der Waals surface area contributed by atoms with Gasteiger partial charge in [-0.25, -0.2) is 14.2 Å². The first-order chi connectivity index (χ1) is 14.5. The highest BCUT2D eigenvalue weighted by Gasteiger charge is 2.34. The summed E-state index contributed by atoms with van der Waals surface area (Å²) in [4.78, 5) is 33.5. The molecule has 0 bridgehead atoms. The number of nitrogens with one attached hydrogen (secondary N) is 1. The molecule has 0 spiro atoms. The van der Waals surface area contributed by atoms with Crippen LogP contribution in [0.5, 0.6) is 0 Å². The number of amides is 3. The van der Waals surface area contributed by atoms with Crippen molar-refractivity contribution in [3.05, 3.63) is 71.6 Å². The fourth-order valence-electron chi connectivity index (χ4n) is 3.85. The predicted molar refractivity (Wildman–Crippen MR) is 111 cm³/mol. The van der Waals surface area contributed by atoms with Crippen LogP contribution in [-0.4, -0.2) is 51.8 Å². The molecular formula is C22H24FN5O2. The molecule has 2 aromatic heterocycles. The second kappa shape index (κ2) is 8.14. The Morgan fingerprint density at radius 3 is 2.70 bits per heavy atom. The van der Waals surface area contributed by atoms with E-state index in [0.29, 0.717) is 23.6 Å². The minimum absolute atomic E-state index is 0.0625. The van der Waals surface area contributed by atoms with E-state index in [-0.39, 0.29) is 30.3 Å². The Labute approximate surface area is 174 Å². The van der Waals surface area contributed by atoms with Crippen molar-refractivity contribution in [3.8, 4) is 0 Å². The van der Waals surface area contributed by atoms with Gasteiger partial charge in [0.1, 0.15) is 11.6 Å². The topological polar surface area (TPSA) is 70.0 Å². The number of halogens is 1. The Balaban J connectivity index is 1.63. The van der Waals surface area contributed by atoms with Gasteiger partial charge in [-0.3, -0.25) is 4.79 Å². The number of likely N-dealkylation sites (tertiary alicyclic amines) is 1. The zero-order chi connectivity index (χ0) is 21.3. The van der Waals surface area contributed by atoms with Gasteiger partial charge in [0.05, 0.1) is 11.6 Å². The third-order valence-electron chi connectivity index (χ3n) is 5.34. The van der Waals surface area contributed by atoms with Crippen LogP contribution in [0.25, 0.3) is 5.52 Å². The Morgan fingerprint density at radius 2 is 1.97 bits per heavy atom. The van der Waals surface area contributed by atoms with Crippen LogP contribution in [0.3, 0.4) is 0 Å². The first-order valence-corrected chi connectivity index (χ1v) is 9.93. The molecule has 1 aliphatic heterocycles. The molecule has 0 unspecified atom stereocenters. The molecule has 1 fully saturated rings. The Kier molecular flexibility index (Phi) is 5.39.